The van der Waals surface area contributed by atoms with Gasteiger partial charge in [0.25, 0.3) is 5.56 Å². The third-order valence-corrected chi connectivity index (χ3v) is 4.59. The average Bonchev–Trinajstić information content (AvgIpc) is 2.94. The molecule has 1 aliphatic carbocycles. The Labute approximate surface area is 131 Å². The smallest absolute Gasteiger partial charge is 0.291 e. The van der Waals surface area contributed by atoms with Crippen molar-refractivity contribution in [3.8, 4) is 0 Å². The van der Waals surface area contributed by atoms with E-state index in [4.69, 9.17) is 4.42 Å². The minimum atomic E-state index is -0.0883. The first kappa shape index (κ1) is 14.4. The maximum atomic E-state index is 12.5. The van der Waals surface area contributed by atoms with E-state index >= 15 is 0 Å². The van der Waals surface area contributed by atoms with Gasteiger partial charge in [-0.05, 0) is 53.7 Å². The van der Waals surface area contributed by atoms with Gasteiger partial charge in [0.2, 0.25) is 0 Å². The molecular formula is C15H18BrN3O2. The second kappa shape index (κ2) is 6.05. The Hall–Kier alpha value is -1.56. The van der Waals surface area contributed by atoms with Gasteiger partial charge in [-0.2, -0.15) is 5.10 Å². The molecule has 2 aromatic heterocycles. The van der Waals surface area contributed by atoms with Gasteiger partial charge in [0, 0.05) is 6.54 Å². The highest BCUT2D eigenvalue weighted by Gasteiger charge is 2.21. The van der Waals surface area contributed by atoms with Gasteiger partial charge in [0.15, 0.2) is 0 Å². The van der Waals surface area contributed by atoms with Crippen LogP contribution < -0.4 is 10.9 Å². The van der Waals surface area contributed by atoms with Crippen LogP contribution in [0.1, 0.15) is 38.0 Å². The summed E-state index contributed by atoms with van der Waals surface area (Å²) in [6.45, 7) is 2.66. The number of halogens is 1. The number of nitrogens with zero attached hydrogens (tertiary/aromatic N) is 2. The lowest BCUT2D eigenvalue weighted by Gasteiger charge is -2.25. The monoisotopic (exact) mass is 351 g/mol. The van der Waals surface area contributed by atoms with Gasteiger partial charge < -0.3 is 9.73 Å². The molecule has 0 radical (unpaired) electrons. The second-order valence-electron chi connectivity index (χ2n) is 5.53. The van der Waals surface area contributed by atoms with E-state index in [0.29, 0.717) is 22.6 Å². The number of aromatic nitrogens is 2. The molecule has 0 amide bonds. The summed E-state index contributed by atoms with van der Waals surface area (Å²) < 4.78 is 7.60. The largest absolute Gasteiger partial charge is 0.467 e. The number of furan rings is 1. The van der Waals surface area contributed by atoms with Crippen LogP contribution in [0.4, 0.5) is 5.69 Å². The first-order chi connectivity index (χ1) is 10.1. The molecule has 0 aromatic carbocycles. The molecule has 2 aromatic rings. The zero-order valence-electron chi connectivity index (χ0n) is 11.9. The Balaban J connectivity index is 1.83. The Bertz CT molecular complexity index is 662. The summed E-state index contributed by atoms with van der Waals surface area (Å²) in [5.41, 5.74) is 0.447. The lowest BCUT2D eigenvalue weighted by molar-refractivity contribution is 0.262. The quantitative estimate of drug-likeness (QED) is 0.894. The number of hydrogen-bond acceptors (Lipinski definition) is 4. The van der Waals surface area contributed by atoms with Crippen molar-refractivity contribution in [3.63, 3.8) is 0 Å². The van der Waals surface area contributed by atoms with Crippen molar-refractivity contribution in [1.82, 2.24) is 9.78 Å². The predicted octanol–water partition coefficient (Wildman–Crippen LogP) is 3.57. The molecule has 112 valence electrons. The normalized spacial score (nSPS) is 16.5. The lowest BCUT2D eigenvalue weighted by atomic mass is 9.85. The van der Waals surface area contributed by atoms with Gasteiger partial charge in [-0.15, -0.1) is 0 Å². The highest BCUT2D eigenvalue weighted by molar-refractivity contribution is 9.10. The highest BCUT2D eigenvalue weighted by Crippen LogP contribution is 2.28. The summed E-state index contributed by atoms with van der Waals surface area (Å²) in [5, 5.41) is 7.44. The topological polar surface area (TPSA) is 60.1 Å². The van der Waals surface area contributed by atoms with Crippen LogP contribution in [0.15, 0.2) is 38.3 Å². The van der Waals surface area contributed by atoms with Crippen molar-refractivity contribution >= 4 is 21.6 Å². The van der Waals surface area contributed by atoms with Crippen LogP contribution in [-0.4, -0.2) is 9.78 Å². The van der Waals surface area contributed by atoms with E-state index in [9.17, 15) is 4.79 Å². The van der Waals surface area contributed by atoms with Gasteiger partial charge in [-0.1, -0.05) is 6.42 Å². The van der Waals surface area contributed by atoms with Crippen molar-refractivity contribution in [1.29, 1.82) is 0 Å². The molecule has 1 unspecified atom stereocenters. The van der Waals surface area contributed by atoms with E-state index < -0.39 is 0 Å². The molecule has 6 heteroatoms. The highest BCUT2D eigenvalue weighted by atomic mass is 79.9. The molecule has 1 saturated carbocycles. The second-order valence-corrected chi connectivity index (χ2v) is 6.39. The van der Waals surface area contributed by atoms with Crippen LogP contribution >= 0.6 is 15.9 Å². The molecule has 5 nitrogen and oxygen atoms in total. The van der Waals surface area contributed by atoms with Crippen molar-refractivity contribution in [3.05, 3.63) is 45.2 Å². The fourth-order valence-corrected chi connectivity index (χ4v) is 2.85. The minimum Gasteiger partial charge on any atom is -0.467 e. The molecule has 1 fully saturated rings. The molecular weight excluding hydrogens is 334 g/mol. The van der Waals surface area contributed by atoms with Crippen molar-refractivity contribution in [2.45, 2.75) is 38.8 Å². The number of rotatable bonds is 5. The standard InChI is InChI=1S/C15H18BrN3O2/c1-10(13-6-3-7-21-13)18-14-12(16)8-17-19(15(14)20)9-11-4-2-5-11/h3,6-8,10-11,18H,2,4-5,9H2,1H3. The summed E-state index contributed by atoms with van der Waals surface area (Å²) in [4.78, 5) is 12.5. The Morgan fingerprint density at radius 2 is 2.38 bits per heavy atom. The van der Waals surface area contributed by atoms with Crippen LogP contribution in [0, 0.1) is 5.92 Å². The van der Waals surface area contributed by atoms with Crippen LogP contribution in [0.2, 0.25) is 0 Å². The number of hydrogen-bond donors (Lipinski definition) is 1. The van der Waals surface area contributed by atoms with Crippen LogP contribution in [-0.2, 0) is 6.54 Å². The molecule has 0 bridgehead atoms. The molecule has 1 N–H and O–H groups in total. The van der Waals surface area contributed by atoms with E-state index in [1.165, 1.54) is 19.3 Å². The van der Waals surface area contributed by atoms with Crippen LogP contribution in [0.25, 0.3) is 0 Å². The summed E-state index contributed by atoms with van der Waals surface area (Å²) in [6, 6.07) is 3.65. The summed E-state index contributed by atoms with van der Waals surface area (Å²) in [7, 11) is 0. The predicted molar refractivity (Wildman–Crippen MR) is 84.3 cm³/mol. The average molecular weight is 352 g/mol. The molecule has 2 heterocycles. The Morgan fingerprint density at radius 3 is 3.00 bits per heavy atom. The minimum absolute atomic E-state index is 0.0800. The zero-order valence-corrected chi connectivity index (χ0v) is 13.5. The maximum absolute atomic E-state index is 12.5. The van der Waals surface area contributed by atoms with Crippen LogP contribution in [0.5, 0.6) is 0 Å². The van der Waals surface area contributed by atoms with Gasteiger partial charge in [-0.25, -0.2) is 4.68 Å². The third kappa shape index (κ3) is 3.05. The molecule has 1 aliphatic rings. The number of nitrogens with one attached hydrogen (secondary N) is 1. The fourth-order valence-electron chi connectivity index (χ4n) is 2.47. The molecule has 0 aliphatic heterocycles. The van der Waals surface area contributed by atoms with Crippen molar-refractivity contribution < 1.29 is 4.42 Å². The van der Waals surface area contributed by atoms with E-state index in [1.807, 2.05) is 19.1 Å². The van der Waals surface area contributed by atoms with E-state index in [-0.39, 0.29) is 11.6 Å². The first-order valence-electron chi connectivity index (χ1n) is 7.20. The summed E-state index contributed by atoms with van der Waals surface area (Å²) in [5.74, 6) is 1.38. The third-order valence-electron chi connectivity index (χ3n) is 3.98. The Kier molecular flexibility index (Phi) is 4.14. The first-order valence-corrected chi connectivity index (χ1v) is 8.00. The summed E-state index contributed by atoms with van der Waals surface area (Å²) in [6.07, 6.45) is 6.95. The number of anilines is 1. The zero-order chi connectivity index (χ0) is 14.8. The molecule has 0 spiro atoms. The van der Waals surface area contributed by atoms with Gasteiger partial charge >= 0.3 is 0 Å². The van der Waals surface area contributed by atoms with Crippen molar-refractivity contribution in [2.75, 3.05) is 5.32 Å². The van der Waals surface area contributed by atoms with Gasteiger partial charge in [0.05, 0.1) is 23.0 Å². The maximum Gasteiger partial charge on any atom is 0.291 e. The molecule has 0 saturated heterocycles. The van der Waals surface area contributed by atoms with Crippen LogP contribution in [0.3, 0.4) is 0 Å². The van der Waals surface area contributed by atoms with E-state index in [2.05, 4.69) is 26.3 Å². The SMILES string of the molecule is CC(Nc1c(Br)cnn(CC2CCC2)c1=O)c1ccco1. The lowest BCUT2D eigenvalue weighted by Crippen LogP contribution is -2.31. The summed E-state index contributed by atoms with van der Waals surface area (Å²) >= 11 is 3.40. The van der Waals surface area contributed by atoms with Gasteiger partial charge in [0.1, 0.15) is 11.4 Å². The van der Waals surface area contributed by atoms with E-state index in [0.717, 1.165) is 5.76 Å². The molecule has 1 atom stereocenters. The molecule has 3 rings (SSSR count). The van der Waals surface area contributed by atoms with Gasteiger partial charge in [-0.3, -0.25) is 4.79 Å². The van der Waals surface area contributed by atoms with E-state index in [1.54, 1.807) is 17.1 Å². The molecule has 21 heavy (non-hydrogen) atoms. The Morgan fingerprint density at radius 1 is 1.57 bits per heavy atom. The fraction of sp³-hybridized carbons (Fsp3) is 0.467. The van der Waals surface area contributed by atoms with Crippen molar-refractivity contribution in [2.24, 2.45) is 5.92 Å².